The largest absolute Gasteiger partial charge is 0.500 e. The zero-order chi connectivity index (χ0) is 26.2. The summed E-state index contributed by atoms with van der Waals surface area (Å²) in [6.07, 6.45) is 3.25. The van der Waals surface area contributed by atoms with E-state index in [1.807, 2.05) is 57.2 Å². The summed E-state index contributed by atoms with van der Waals surface area (Å²) < 4.78 is 32.9. The Morgan fingerprint density at radius 2 is 1.58 bits per heavy atom. The van der Waals surface area contributed by atoms with Crippen molar-refractivity contribution < 1.29 is 37.1 Å². The van der Waals surface area contributed by atoms with Gasteiger partial charge in [-0.3, -0.25) is 0 Å². The molecule has 0 unspecified atom stereocenters. The summed E-state index contributed by atoms with van der Waals surface area (Å²) in [5.74, 6) is 0.275. The van der Waals surface area contributed by atoms with Crippen LogP contribution in [0.1, 0.15) is 32.8 Å². The number of carbonyl (C=O) groups is 2. The van der Waals surface area contributed by atoms with Crippen LogP contribution in [0.5, 0.6) is 5.75 Å². The van der Waals surface area contributed by atoms with Gasteiger partial charge in [-0.25, -0.2) is 9.59 Å². The van der Waals surface area contributed by atoms with Gasteiger partial charge < -0.3 is 32.8 Å². The van der Waals surface area contributed by atoms with Crippen LogP contribution in [-0.4, -0.2) is 67.6 Å². The third-order valence-electron chi connectivity index (χ3n) is 5.06. The molecule has 0 fully saturated rings. The van der Waals surface area contributed by atoms with Crippen LogP contribution in [-0.2, 0) is 27.5 Å². The van der Waals surface area contributed by atoms with Crippen molar-refractivity contribution in [3.8, 4) is 5.75 Å². The molecular weight excluding hydrogens is 482 g/mol. The zero-order valence-corrected chi connectivity index (χ0v) is 22.5. The summed E-state index contributed by atoms with van der Waals surface area (Å²) in [5.41, 5.74) is 0.891. The fourth-order valence-corrected chi connectivity index (χ4v) is 6.12. The van der Waals surface area contributed by atoms with Crippen LogP contribution < -0.4 is 10.1 Å². The lowest BCUT2D eigenvalue weighted by molar-refractivity contribution is -0.134. The smallest absolute Gasteiger partial charge is 0.490 e. The summed E-state index contributed by atoms with van der Waals surface area (Å²) in [4.78, 5) is 23.2. The number of benzene rings is 2. The molecule has 0 saturated heterocycles. The maximum atomic E-state index is 12.0. The van der Waals surface area contributed by atoms with Gasteiger partial charge in [-0.1, -0.05) is 18.2 Å². The highest BCUT2D eigenvalue weighted by Gasteiger charge is 2.39. The second kappa shape index (κ2) is 15.9. The van der Waals surface area contributed by atoms with Gasteiger partial charge in [0.1, 0.15) is 19.0 Å². The lowest BCUT2D eigenvalue weighted by Crippen LogP contribution is -2.46. The number of carbonyl (C=O) groups excluding carboxylic acids is 2. The van der Waals surface area contributed by atoms with Gasteiger partial charge in [-0.15, -0.1) is 0 Å². The number of ether oxygens (including phenoxy) is 3. The molecule has 0 spiro atoms. The Morgan fingerprint density at radius 1 is 0.917 bits per heavy atom. The maximum Gasteiger partial charge on any atom is 0.500 e. The molecule has 0 aliphatic carbocycles. The first-order chi connectivity index (χ1) is 17.4. The Balaban J connectivity index is 1.72. The molecule has 0 aliphatic heterocycles. The minimum atomic E-state index is -2.70. The third kappa shape index (κ3) is 9.98. The first kappa shape index (κ1) is 29.3. The van der Waals surface area contributed by atoms with Crippen molar-refractivity contribution in [2.45, 2.75) is 33.2 Å². The lowest BCUT2D eigenvalue weighted by atomic mass is 10.1. The average molecular weight is 520 g/mol. The molecule has 0 aliphatic rings. The number of methoxy groups -OCH3 is 1. The van der Waals surface area contributed by atoms with Gasteiger partial charge in [-0.05, 0) is 67.8 Å². The molecule has 0 bridgehead atoms. The predicted molar refractivity (Wildman–Crippen MR) is 140 cm³/mol. The molecule has 0 radical (unpaired) electrons. The number of nitrogens with one attached hydrogen (secondary N) is 1. The highest BCUT2D eigenvalue weighted by Crippen LogP contribution is 2.23. The second-order valence-electron chi connectivity index (χ2n) is 7.62. The van der Waals surface area contributed by atoms with Crippen LogP contribution in [0.4, 0.5) is 4.79 Å². The van der Waals surface area contributed by atoms with Gasteiger partial charge in [0, 0.05) is 38.5 Å². The van der Waals surface area contributed by atoms with Crippen molar-refractivity contribution in [2.75, 3.05) is 46.7 Å². The van der Waals surface area contributed by atoms with E-state index in [-0.39, 0.29) is 13.2 Å². The van der Waals surface area contributed by atoms with Crippen molar-refractivity contribution in [2.24, 2.45) is 0 Å². The summed E-state index contributed by atoms with van der Waals surface area (Å²) in [7, 11) is -1.36. The van der Waals surface area contributed by atoms with Gasteiger partial charge in [0.15, 0.2) is 0 Å². The van der Waals surface area contributed by atoms with E-state index in [1.54, 1.807) is 6.08 Å². The van der Waals surface area contributed by atoms with Crippen LogP contribution >= 0.6 is 0 Å². The Labute approximate surface area is 214 Å². The fourth-order valence-electron chi connectivity index (χ4n) is 3.51. The Morgan fingerprint density at radius 3 is 2.25 bits per heavy atom. The molecule has 9 nitrogen and oxygen atoms in total. The van der Waals surface area contributed by atoms with Crippen molar-refractivity contribution in [3.05, 3.63) is 48.0 Å². The monoisotopic (exact) mass is 519 g/mol. The average Bonchev–Trinajstić information content (AvgIpc) is 2.88. The molecular formula is C26H37NO8Si. The SMILES string of the molecule is CCO[Si](CCCNC(=O)OCCOc1ccc2cc(/C=C/C(=O)OC)ccc2c1)(OCC)OCC. The quantitative estimate of drug-likeness (QED) is 0.149. The van der Waals surface area contributed by atoms with Crippen LogP contribution in [0.2, 0.25) is 6.04 Å². The van der Waals surface area contributed by atoms with Crippen LogP contribution in [0.15, 0.2) is 42.5 Å². The van der Waals surface area contributed by atoms with E-state index in [4.69, 9.17) is 22.8 Å². The molecule has 2 aromatic rings. The molecule has 0 heterocycles. The minimum absolute atomic E-state index is 0.122. The van der Waals surface area contributed by atoms with Crippen LogP contribution in [0.25, 0.3) is 16.8 Å². The first-order valence-electron chi connectivity index (χ1n) is 12.2. The molecule has 10 heteroatoms. The Bertz CT molecular complexity index is 980. The topological polar surface area (TPSA) is 102 Å². The molecule has 36 heavy (non-hydrogen) atoms. The maximum absolute atomic E-state index is 12.0. The van der Waals surface area contributed by atoms with Gasteiger partial charge >= 0.3 is 20.9 Å². The fraction of sp³-hybridized carbons (Fsp3) is 0.462. The zero-order valence-electron chi connectivity index (χ0n) is 21.5. The van der Waals surface area contributed by atoms with E-state index in [2.05, 4.69) is 10.1 Å². The number of fused-ring (bicyclic) bond motifs is 1. The predicted octanol–water partition coefficient (Wildman–Crippen LogP) is 4.57. The summed E-state index contributed by atoms with van der Waals surface area (Å²) in [6, 6.07) is 12.1. The van der Waals surface area contributed by atoms with E-state index in [0.29, 0.717) is 44.6 Å². The van der Waals surface area contributed by atoms with E-state index in [1.165, 1.54) is 13.2 Å². The summed E-state index contributed by atoms with van der Waals surface area (Å²) in [5, 5.41) is 4.74. The number of rotatable bonds is 16. The van der Waals surface area contributed by atoms with E-state index in [9.17, 15) is 9.59 Å². The van der Waals surface area contributed by atoms with Crippen molar-refractivity contribution in [1.82, 2.24) is 5.32 Å². The van der Waals surface area contributed by atoms with Crippen molar-refractivity contribution >= 4 is 37.7 Å². The number of alkyl carbamates (subject to hydrolysis) is 1. The van der Waals surface area contributed by atoms with Gasteiger partial charge in [0.25, 0.3) is 0 Å². The molecule has 198 valence electrons. The second-order valence-corrected chi connectivity index (χ2v) is 10.4. The molecule has 2 aromatic carbocycles. The molecule has 0 aromatic heterocycles. The van der Waals surface area contributed by atoms with Gasteiger partial charge in [-0.2, -0.15) is 0 Å². The minimum Gasteiger partial charge on any atom is -0.490 e. The molecule has 0 atom stereocenters. The Hall–Kier alpha value is -2.92. The normalized spacial score (nSPS) is 11.6. The lowest BCUT2D eigenvalue weighted by Gasteiger charge is -2.28. The van der Waals surface area contributed by atoms with Gasteiger partial charge in [0.2, 0.25) is 0 Å². The number of hydrogen-bond acceptors (Lipinski definition) is 8. The van der Waals surface area contributed by atoms with E-state index >= 15 is 0 Å². The number of hydrogen-bond donors (Lipinski definition) is 1. The first-order valence-corrected chi connectivity index (χ1v) is 14.1. The highest BCUT2D eigenvalue weighted by molar-refractivity contribution is 6.60. The van der Waals surface area contributed by atoms with E-state index < -0.39 is 20.9 Å². The highest BCUT2D eigenvalue weighted by atomic mass is 28.4. The van der Waals surface area contributed by atoms with E-state index in [0.717, 1.165) is 16.3 Å². The van der Waals surface area contributed by atoms with Crippen molar-refractivity contribution in [1.29, 1.82) is 0 Å². The van der Waals surface area contributed by atoms with Crippen LogP contribution in [0.3, 0.4) is 0 Å². The summed E-state index contributed by atoms with van der Waals surface area (Å²) in [6.45, 7) is 8.10. The van der Waals surface area contributed by atoms with Crippen LogP contribution in [0, 0.1) is 0 Å². The number of amides is 1. The van der Waals surface area contributed by atoms with Crippen molar-refractivity contribution in [3.63, 3.8) is 0 Å². The molecule has 2 rings (SSSR count). The summed E-state index contributed by atoms with van der Waals surface area (Å²) >= 11 is 0. The molecule has 1 amide bonds. The molecule has 1 N–H and O–H groups in total. The third-order valence-corrected chi connectivity index (χ3v) is 8.21. The standard InChI is InChI=1S/C26H37NO8Si/c1-5-33-36(34-6-2,35-7-3)18-8-15-27-26(29)32-17-16-31-24-13-12-22-19-21(9-11-23(22)20-24)10-14-25(28)30-4/h9-14,19-20H,5-8,15-18H2,1-4H3,(H,27,29)/b14-10+. The molecule has 0 saturated carbocycles. The van der Waals surface area contributed by atoms with Gasteiger partial charge in [0.05, 0.1) is 7.11 Å². The Kier molecular flexibility index (Phi) is 13.0. The number of esters is 1.